The Kier molecular flexibility index (Phi) is 9.52. The highest BCUT2D eigenvalue weighted by molar-refractivity contribution is 5.88. The fourth-order valence-corrected chi connectivity index (χ4v) is 6.00. The number of carbonyl (C=O) groups excluding carboxylic acids is 2. The first-order chi connectivity index (χ1) is 23.6. The fraction of sp³-hybridized carbons (Fsp3) is 0.297. The lowest BCUT2D eigenvalue weighted by atomic mass is 9.97. The third-order valence-electron chi connectivity index (χ3n) is 8.95. The van der Waals surface area contributed by atoms with Crippen LogP contribution in [0.5, 0.6) is 11.5 Å². The summed E-state index contributed by atoms with van der Waals surface area (Å²) in [5, 5.41) is 13.9. The minimum atomic E-state index is -1.36. The lowest BCUT2D eigenvalue weighted by molar-refractivity contribution is -0.170. The Labute approximate surface area is 280 Å². The molecule has 0 bridgehead atoms. The Morgan fingerprint density at radius 2 is 1.24 bits per heavy atom. The quantitative estimate of drug-likeness (QED) is 0.207. The summed E-state index contributed by atoms with van der Waals surface area (Å²) >= 11 is 0. The number of hydrogen-bond acceptors (Lipinski definition) is 10. The number of aromatic amines is 1. The first-order valence-corrected chi connectivity index (χ1v) is 15.7. The van der Waals surface area contributed by atoms with Gasteiger partial charge in [0.2, 0.25) is 0 Å². The second-order valence-corrected chi connectivity index (χ2v) is 12.0. The van der Waals surface area contributed by atoms with Gasteiger partial charge in [0.1, 0.15) is 17.6 Å². The van der Waals surface area contributed by atoms with Gasteiger partial charge in [-0.3, -0.25) is 23.9 Å². The number of ether oxygens (including phenoxy) is 5. The number of carbonyl (C=O) groups is 2. The Morgan fingerprint density at radius 1 is 0.755 bits per heavy atom. The van der Waals surface area contributed by atoms with Crippen LogP contribution in [0.25, 0.3) is 21.5 Å². The van der Waals surface area contributed by atoms with Crippen molar-refractivity contribution < 1.29 is 38.4 Å². The molecule has 12 heteroatoms. The molecule has 0 radical (unpaired) electrons. The maximum absolute atomic E-state index is 13.7. The highest BCUT2D eigenvalue weighted by Crippen LogP contribution is 2.36. The van der Waals surface area contributed by atoms with Gasteiger partial charge in [-0.1, -0.05) is 48.5 Å². The predicted molar refractivity (Wildman–Crippen MR) is 180 cm³/mol. The SMILES string of the molecule is COc1ccc2cc([C@H](C)C(=O)O[C@@H]3[C@H](OC(=O)[C@@H](C)c4ccc5cc(OC)ccc5c4)[C@@H](CO)O[C@H]3n3ccc(=O)[nH]c3=O)ccc2c1. The minimum Gasteiger partial charge on any atom is -0.497 e. The molecule has 49 heavy (non-hydrogen) atoms. The molecule has 5 aromatic rings. The smallest absolute Gasteiger partial charge is 0.330 e. The number of fused-ring (bicyclic) bond motifs is 2. The van der Waals surface area contributed by atoms with Crippen molar-refractivity contribution in [1.29, 1.82) is 0 Å². The van der Waals surface area contributed by atoms with Gasteiger partial charge in [-0.15, -0.1) is 0 Å². The number of nitrogens with zero attached hydrogens (tertiary/aromatic N) is 1. The third kappa shape index (κ3) is 6.78. The predicted octanol–water partition coefficient (Wildman–Crippen LogP) is 4.18. The molecular weight excluding hydrogens is 632 g/mol. The standard InChI is InChI=1S/C37H36N2O10/c1-20(22-5-7-26-17-28(45-3)11-9-24(26)15-22)35(42)48-32-30(19-40)47-34(39-14-13-31(41)38-37(39)44)33(32)49-36(43)21(2)23-6-8-27-18-29(46-4)12-10-25(27)16-23/h5-18,20-21,30,32-34,40H,19H2,1-4H3,(H,38,41,44)/t20-,21-,30+,32+,33+,34+/m0/s1. The minimum absolute atomic E-state index is 0.615. The van der Waals surface area contributed by atoms with Crippen molar-refractivity contribution in [2.24, 2.45) is 0 Å². The molecule has 6 atom stereocenters. The van der Waals surface area contributed by atoms with Crippen molar-refractivity contribution in [3.05, 3.63) is 117 Å². The average molecular weight is 669 g/mol. The molecule has 1 saturated heterocycles. The van der Waals surface area contributed by atoms with E-state index in [4.69, 9.17) is 23.7 Å². The van der Waals surface area contributed by atoms with E-state index in [1.54, 1.807) is 34.1 Å². The summed E-state index contributed by atoms with van der Waals surface area (Å²) < 4.78 is 29.6. The Balaban J connectivity index is 1.29. The molecule has 0 saturated carbocycles. The molecule has 254 valence electrons. The topological polar surface area (TPSA) is 155 Å². The van der Waals surface area contributed by atoms with E-state index in [-0.39, 0.29) is 0 Å². The van der Waals surface area contributed by atoms with E-state index in [1.165, 1.54) is 6.20 Å². The second kappa shape index (κ2) is 14.0. The molecule has 0 spiro atoms. The maximum Gasteiger partial charge on any atom is 0.330 e. The third-order valence-corrected chi connectivity index (χ3v) is 8.95. The van der Waals surface area contributed by atoms with Gasteiger partial charge in [-0.2, -0.15) is 0 Å². The molecule has 1 aromatic heterocycles. The van der Waals surface area contributed by atoms with Gasteiger partial charge in [0.05, 0.1) is 32.7 Å². The van der Waals surface area contributed by atoms with Crippen LogP contribution in [-0.4, -0.2) is 65.7 Å². The van der Waals surface area contributed by atoms with E-state index in [0.29, 0.717) is 22.6 Å². The van der Waals surface area contributed by atoms with Crippen molar-refractivity contribution in [3.8, 4) is 11.5 Å². The summed E-state index contributed by atoms with van der Waals surface area (Å²) in [7, 11) is 3.17. The normalized spacial score (nSPS) is 20.1. The van der Waals surface area contributed by atoms with Gasteiger partial charge in [-0.25, -0.2) is 4.79 Å². The molecule has 2 N–H and O–H groups in total. The van der Waals surface area contributed by atoms with Gasteiger partial charge in [0.25, 0.3) is 5.56 Å². The van der Waals surface area contributed by atoms with Crippen LogP contribution in [-0.2, 0) is 23.8 Å². The zero-order valence-electron chi connectivity index (χ0n) is 27.3. The molecular formula is C37H36N2O10. The maximum atomic E-state index is 13.7. The number of nitrogens with one attached hydrogen (secondary N) is 1. The lowest BCUT2D eigenvalue weighted by Gasteiger charge is -2.27. The van der Waals surface area contributed by atoms with Gasteiger partial charge in [-0.05, 0) is 70.8 Å². The van der Waals surface area contributed by atoms with Crippen LogP contribution in [0.3, 0.4) is 0 Å². The van der Waals surface area contributed by atoms with Crippen molar-refractivity contribution >= 4 is 33.5 Å². The van der Waals surface area contributed by atoms with Crippen molar-refractivity contribution in [3.63, 3.8) is 0 Å². The second-order valence-electron chi connectivity index (χ2n) is 12.0. The van der Waals surface area contributed by atoms with Crippen LogP contribution < -0.4 is 20.7 Å². The van der Waals surface area contributed by atoms with Crippen LogP contribution in [0.2, 0.25) is 0 Å². The van der Waals surface area contributed by atoms with E-state index < -0.39 is 66.2 Å². The van der Waals surface area contributed by atoms with E-state index in [1.807, 2.05) is 66.7 Å². The number of hydrogen-bond donors (Lipinski definition) is 2. The van der Waals surface area contributed by atoms with Crippen LogP contribution in [0.4, 0.5) is 0 Å². The zero-order chi connectivity index (χ0) is 34.8. The summed E-state index contributed by atoms with van der Waals surface area (Å²) in [6, 6.07) is 23.4. The molecule has 6 rings (SSSR count). The largest absolute Gasteiger partial charge is 0.497 e. The lowest BCUT2D eigenvalue weighted by Crippen LogP contribution is -2.43. The van der Waals surface area contributed by atoms with Gasteiger partial charge >= 0.3 is 17.6 Å². The zero-order valence-corrected chi connectivity index (χ0v) is 27.3. The molecule has 1 fully saturated rings. The van der Waals surface area contributed by atoms with Crippen molar-refractivity contribution in [2.75, 3.05) is 20.8 Å². The number of aliphatic hydroxyl groups excluding tert-OH is 1. The van der Waals surface area contributed by atoms with Gasteiger partial charge < -0.3 is 28.8 Å². The van der Waals surface area contributed by atoms with E-state index in [0.717, 1.165) is 32.2 Å². The molecule has 12 nitrogen and oxygen atoms in total. The number of esters is 2. The monoisotopic (exact) mass is 668 g/mol. The van der Waals surface area contributed by atoms with Crippen LogP contribution in [0, 0.1) is 0 Å². The van der Waals surface area contributed by atoms with Gasteiger partial charge in [0, 0.05) is 12.3 Å². The molecule has 0 amide bonds. The highest BCUT2D eigenvalue weighted by atomic mass is 16.6. The number of benzene rings is 4. The summed E-state index contributed by atoms with van der Waals surface area (Å²) in [5.41, 5.74) is -0.137. The number of aliphatic hydroxyl groups is 1. The van der Waals surface area contributed by atoms with Gasteiger partial charge in [0.15, 0.2) is 18.4 Å². The molecule has 0 aliphatic carbocycles. The van der Waals surface area contributed by atoms with E-state index in [2.05, 4.69) is 4.98 Å². The molecule has 2 heterocycles. The summed E-state index contributed by atoms with van der Waals surface area (Å²) in [4.78, 5) is 54.2. The summed E-state index contributed by atoms with van der Waals surface area (Å²) in [6.45, 7) is 2.74. The molecule has 0 unspecified atom stereocenters. The van der Waals surface area contributed by atoms with Crippen LogP contribution >= 0.6 is 0 Å². The number of aromatic nitrogens is 2. The fourth-order valence-electron chi connectivity index (χ4n) is 6.00. The van der Waals surface area contributed by atoms with E-state index >= 15 is 0 Å². The van der Waals surface area contributed by atoms with Crippen molar-refractivity contribution in [1.82, 2.24) is 9.55 Å². The Bertz CT molecular complexity index is 2140. The highest BCUT2D eigenvalue weighted by Gasteiger charge is 2.51. The first kappa shape index (κ1) is 33.4. The molecule has 1 aliphatic heterocycles. The van der Waals surface area contributed by atoms with E-state index in [9.17, 15) is 24.3 Å². The Morgan fingerprint density at radius 3 is 1.73 bits per heavy atom. The molecule has 4 aromatic carbocycles. The number of rotatable bonds is 10. The van der Waals surface area contributed by atoms with Crippen molar-refractivity contribution in [2.45, 2.75) is 50.2 Å². The number of H-pyrrole nitrogens is 1. The summed E-state index contributed by atoms with van der Waals surface area (Å²) in [6.07, 6.45) is -3.95. The van der Waals surface area contributed by atoms with Crippen LogP contribution in [0.15, 0.2) is 94.6 Å². The first-order valence-electron chi connectivity index (χ1n) is 15.7. The average Bonchev–Trinajstić information content (AvgIpc) is 3.45. The van der Waals surface area contributed by atoms with Crippen LogP contribution in [0.1, 0.15) is 43.0 Å². The molecule has 1 aliphatic rings. The Hall–Kier alpha value is -5.46. The number of methoxy groups -OCH3 is 2. The summed E-state index contributed by atoms with van der Waals surface area (Å²) in [5.74, 6) is -1.47.